The minimum atomic E-state index is 0.440. The van der Waals surface area contributed by atoms with Gasteiger partial charge in [-0.3, -0.25) is 9.39 Å². The van der Waals surface area contributed by atoms with Crippen molar-refractivity contribution in [3.05, 3.63) is 30.2 Å². The number of hydrogen-bond donors (Lipinski definition) is 2. The summed E-state index contributed by atoms with van der Waals surface area (Å²) in [5.74, 6) is 1.74. The first kappa shape index (κ1) is 18.6. The predicted octanol–water partition coefficient (Wildman–Crippen LogP) is 2.18. The number of nitrogens with zero attached hydrogens (tertiary/aromatic N) is 4. The third kappa shape index (κ3) is 5.42. The van der Waals surface area contributed by atoms with Crippen molar-refractivity contribution in [1.29, 1.82) is 0 Å². The van der Waals surface area contributed by atoms with Gasteiger partial charge in [0.25, 0.3) is 0 Å². The van der Waals surface area contributed by atoms with Gasteiger partial charge in [0.05, 0.1) is 12.7 Å². The Hall–Kier alpha value is -2.15. The van der Waals surface area contributed by atoms with Gasteiger partial charge < -0.3 is 15.4 Å². The molecule has 0 amide bonds. The number of aromatic nitrogens is 3. The van der Waals surface area contributed by atoms with Crippen molar-refractivity contribution in [2.45, 2.75) is 51.0 Å². The van der Waals surface area contributed by atoms with Crippen molar-refractivity contribution in [3.8, 4) is 0 Å². The Balaban J connectivity index is 1.34. The summed E-state index contributed by atoms with van der Waals surface area (Å²) in [4.78, 5) is 4.26. The molecule has 1 fully saturated rings. The molecule has 1 saturated carbocycles. The Morgan fingerprint density at radius 3 is 2.77 bits per heavy atom. The van der Waals surface area contributed by atoms with Crippen LogP contribution in [-0.2, 0) is 11.2 Å². The van der Waals surface area contributed by atoms with Crippen molar-refractivity contribution in [3.63, 3.8) is 0 Å². The highest BCUT2D eigenvalue weighted by molar-refractivity contribution is 5.79. The molecular formula is C19H30N6O. The standard InChI is InChI=1S/C19H30N6O/c1-20-19(22-13-15-26-16-8-4-2-3-5-9-16)21-12-11-18-24-23-17-10-6-7-14-25(17)18/h6-7,10,14,16H,2-5,8-9,11-13,15H2,1H3,(H2,20,21,22). The van der Waals surface area contributed by atoms with Crippen LogP contribution >= 0.6 is 0 Å². The van der Waals surface area contributed by atoms with Crippen LogP contribution in [0.15, 0.2) is 29.4 Å². The van der Waals surface area contributed by atoms with Gasteiger partial charge in [-0.05, 0) is 25.0 Å². The van der Waals surface area contributed by atoms with Crippen molar-refractivity contribution in [2.75, 3.05) is 26.7 Å². The zero-order chi connectivity index (χ0) is 18.0. The zero-order valence-electron chi connectivity index (χ0n) is 15.7. The molecule has 0 unspecified atom stereocenters. The second kappa shape index (κ2) is 10.1. The average molecular weight is 358 g/mol. The Labute approximate surface area is 155 Å². The van der Waals surface area contributed by atoms with Crippen LogP contribution in [0.1, 0.15) is 44.3 Å². The van der Waals surface area contributed by atoms with E-state index in [9.17, 15) is 0 Å². The van der Waals surface area contributed by atoms with E-state index in [0.717, 1.165) is 43.5 Å². The number of guanidine groups is 1. The molecule has 142 valence electrons. The predicted molar refractivity (Wildman–Crippen MR) is 103 cm³/mol. The summed E-state index contributed by atoms with van der Waals surface area (Å²) in [6.07, 6.45) is 10.9. The smallest absolute Gasteiger partial charge is 0.191 e. The molecule has 0 saturated heterocycles. The van der Waals surface area contributed by atoms with Gasteiger partial charge in [0, 0.05) is 32.8 Å². The minimum absolute atomic E-state index is 0.440. The van der Waals surface area contributed by atoms with Gasteiger partial charge in [-0.2, -0.15) is 0 Å². The summed E-state index contributed by atoms with van der Waals surface area (Å²) in [5, 5.41) is 15.1. The highest BCUT2D eigenvalue weighted by Gasteiger charge is 2.12. The van der Waals surface area contributed by atoms with E-state index in [1.54, 1.807) is 7.05 Å². The van der Waals surface area contributed by atoms with Crippen molar-refractivity contribution in [1.82, 2.24) is 25.2 Å². The molecule has 7 heteroatoms. The molecule has 0 aromatic carbocycles. The number of fused-ring (bicyclic) bond motifs is 1. The van der Waals surface area contributed by atoms with Crippen LogP contribution in [0.3, 0.4) is 0 Å². The maximum atomic E-state index is 6.00. The molecule has 3 rings (SSSR count). The monoisotopic (exact) mass is 358 g/mol. The molecule has 2 N–H and O–H groups in total. The van der Waals surface area contributed by atoms with Crippen LogP contribution in [-0.4, -0.2) is 53.4 Å². The summed E-state index contributed by atoms with van der Waals surface area (Å²) in [5.41, 5.74) is 0.876. The molecule has 2 aromatic heterocycles. The van der Waals surface area contributed by atoms with Gasteiger partial charge in [0.15, 0.2) is 11.6 Å². The fourth-order valence-electron chi connectivity index (χ4n) is 3.38. The summed E-state index contributed by atoms with van der Waals surface area (Å²) in [6, 6.07) is 5.91. The number of nitrogens with one attached hydrogen (secondary N) is 2. The summed E-state index contributed by atoms with van der Waals surface area (Å²) in [7, 11) is 1.79. The number of aliphatic imine (C=N–C) groups is 1. The highest BCUT2D eigenvalue weighted by atomic mass is 16.5. The van der Waals surface area contributed by atoms with Crippen molar-refractivity contribution < 1.29 is 4.74 Å². The van der Waals surface area contributed by atoms with Gasteiger partial charge in [-0.25, -0.2) is 0 Å². The Kier molecular flexibility index (Phi) is 7.25. The lowest BCUT2D eigenvalue weighted by molar-refractivity contribution is 0.0468. The summed E-state index contributed by atoms with van der Waals surface area (Å²) < 4.78 is 8.01. The zero-order valence-corrected chi connectivity index (χ0v) is 15.7. The molecule has 7 nitrogen and oxygen atoms in total. The molecule has 2 aromatic rings. The summed E-state index contributed by atoms with van der Waals surface area (Å²) >= 11 is 0. The quantitative estimate of drug-likeness (QED) is 0.343. The highest BCUT2D eigenvalue weighted by Crippen LogP contribution is 2.19. The lowest BCUT2D eigenvalue weighted by Gasteiger charge is -2.16. The third-order valence-corrected chi connectivity index (χ3v) is 4.80. The molecular weight excluding hydrogens is 328 g/mol. The van der Waals surface area contributed by atoms with Gasteiger partial charge >= 0.3 is 0 Å². The molecule has 1 aliphatic carbocycles. The van der Waals surface area contributed by atoms with Crippen LogP contribution in [0.25, 0.3) is 5.65 Å². The van der Waals surface area contributed by atoms with Crippen LogP contribution in [0.5, 0.6) is 0 Å². The Bertz CT molecular complexity index is 690. The summed E-state index contributed by atoms with van der Waals surface area (Å²) in [6.45, 7) is 2.24. The molecule has 0 spiro atoms. The van der Waals surface area contributed by atoms with Gasteiger partial charge in [0.1, 0.15) is 5.82 Å². The molecule has 0 aliphatic heterocycles. The van der Waals surface area contributed by atoms with Gasteiger partial charge in [-0.15, -0.1) is 10.2 Å². The lowest BCUT2D eigenvalue weighted by Crippen LogP contribution is -2.40. The van der Waals surface area contributed by atoms with Crippen LogP contribution in [0.4, 0.5) is 0 Å². The van der Waals surface area contributed by atoms with E-state index in [1.165, 1.54) is 38.5 Å². The fourth-order valence-corrected chi connectivity index (χ4v) is 3.38. The van der Waals surface area contributed by atoms with Gasteiger partial charge in [0.2, 0.25) is 0 Å². The molecule has 2 heterocycles. The van der Waals surface area contributed by atoms with Crippen molar-refractivity contribution >= 4 is 11.6 Å². The molecule has 0 radical (unpaired) electrons. The SMILES string of the molecule is CN=C(NCCOC1CCCCCC1)NCCc1nnc2ccccn12. The molecule has 1 aliphatic rings. The third-order valence-electron chi connectivity index (χ3n) is 4.80. The van der Waals surface area contributed by atoms with E-state index < -0.39 is 0 Å². The van der Waals surface area contributed by atoms with Crippen LogP contribution in [0, 0.1) is 0 Å². The van der Waals surface area contributed by atoms with Gasteiger partial charge in [-0.1, -0.05) is 31.7 Å². The van der Waals surface area contributed by atoms with E-state index in [0.29, 0.717) is 6.10 Å². The Morgan fingerprint density at radius 2 is 1.96 bits per heavy atom. The van der Waals surface area contributed by atoms with Crippen LogP contribution in [0.2, 0.25) is 0 Å². The number of rotatable bonds is 7. The number of hydrogen-bond acceptors (Lipinski definition) is 4. The topological polar surface area (TPSA) is 75.8 Å². The van der Waals surface area contributed by atoms with E-state index in [2.05, 4.69) is 25.8 Å². The molecule has 0 atom stereocenters. The number of pyridine rings is 1. The first-order valence-corrected chi connectivity index (χ1v) is 9.71. The van der Waals surface area contributed by atoms with E-state index >= 15 is 0 Å². The van der Waals surface area contributed by atoms with Crippen molar-refractivity contribution in [2.24, 2.45) is 4.99 Å². The Morgan fingerprint density at radius 1 is 1.15 bits per heavy atom. The lowest BCUT2D eigenvalue weighted by atomic mass is 10.1. The molecule has 26 heavy (non-hydrogen) atoms. The fraction of sp³-hybridized carbons (Fsp3) is 0.632. The van der Waals surface area contributed by atoms with E-state index in [-0.39, 0.29) is 0 Å². The maximum absolute atomic E-state index is 6.00. The van der Waals surface area contributed by atoms with E-state index in [1.807, 2.05) is 28.8 Å². The minimum Gasteiger partial charge on any atom is -0.376 e. The first-order valence-electron chi connectivity index (χ1n) is 9.71. The maximum Gasteiger partial charge on any atom is 0.191 e. The second-order valence-corrected chi connectivity index (χ2v) is 6.71. The number of ether oxygens (including phenoxy) is 1. The van der Waals surface area contributed by atoms with E-state index in [4.69, 9.17) is 4.74 Å². The average Bonchev–Trinajstić information content (AvgIpc) is 2.90. The normalized spacial score (nSPS) is 16.6. The first-order chi connectivity index (χ1) is 12.9. The molecule has 0 bridgehead atoms. The largest absolute Gasteiger partial charge is 0.376 e. The van der Waals surface area contributed by atoms with Crippen LogP contribution < -0.4 is 10.6 Å². The second-order valence-electron chi connectivity index (χ2n) is 6.71.